The van der Waals surface area contributed by atoms with Crippen LogP contribution in [0.25, 0.3) is 10.9 Å². The van der Waals surface area contributed by atoms with Gasteiger partial charge in [0.1, 0.15) is 18.2 Å². The number of carbonyl (C=O) groups is 1. The smallest absolute Gasteiger partial charge is 0.358 e. The molecule has 2 heterocycles. The van der Waals surface area contributed by atoms with Crippen molar-refractivity contribution in [1.82, 2.24) is 20.2 Å². The number of halogens is 3. The molecule has 1 amide bonds. The van der Waals surface area contributed by atoms with Crippen LogP contribution in [0.4, 0.5) is 19.0 Å². The van der Waals surface area contributed by atoms with Crippen LogP contribution in [0, 0.1) is 5.92 Å². The molecule has 4 atom stereocenters. The predicted molar refractivity (Wildman–Crippen MR) is 131 cm³/mol. The van der Waals surface area contributed by atoms with Crippen LogP contribution in [-0.4, -0.2) is 51.0 Å². The van der Waals surface area contributed by atoms with Crippen LogP contribution in [-0.2, 0) is 11.0 Å². The zero-order chi connectivity index (χ0) is 25.4. The van der Waals surface area contributed by atoms with Crippen molar-refractivity contribution in [3.63, 3.8) is 0 Å². The summed E-state index contributed by atoms with van der Waals surface area (Å²) in [6.45, 7) is 9.38. The second-order valence-corrected chi connectivity index (χ2v) is 11.0. The first-order valence-electron chi connectivity index (χ1n) is 12.6. The molecular weight excluding hydrogens is 455 g/mol. The molecule has 1 saturated carbocycles. The Labute approximate surface area is 205 Å². The van der Waals surface area contributed by atoms with Gasteiger partial charge in [0.15, 0.2) is 0 Å². The van der Waals surface area contributed by atoms with E-state index in [0.29, 0.717) is 30.4 Å². The Hall–Kier alpha value is -2.42. The molecule has 1 aromatic carbocycles. The molecule has 0 unspecified atom stereocenters. The third-order valence-electron chi connectivity index (χ3n) is 7.15. The van der Waals surface area contributed by atoms with Crippen LogP contribution in [0.15, 0.2) is 24.5 Å². The predicted octanol–water partition coefficient (Wildman–Crippen LogP) is 5.39. The molecule has 0 spiro atoms. The molecule has 0 bridgehead atoms. The number of amides is 1. The van der Waals surface area contributed by atoms with E-state index in [2.05, 4.69) is 48.3 Å². The summed E-state index contributed by atoms with van der Waals surface area (Å²) in [5, 5.41) is 7.15. The molecule has 1 aliphatic heterocycles. The van der Waals surface area contributed by atoms with E-state index < -0.39 is 17.8 Å². The summed E-state index contributed by atoms with van der Waals surface area (Å²) in [7, 11) is 0. The zero-order valence-electron chi connectivity index (χ0n) is 21.0. The lowest BCUT2D eigenvalue weighted by Gasteiger charge is -2.43. The Morgan fingerprint density at radius 1 is 1.11 bits per heavy atom. The van der Waals surface area contributed by atoms with Crippen molar-refractivity contribution in [2.45, 2.75) is 96.1 Å². The maximum Gasteiger partial charge on any atom is 0.416 e. The number of rotatable bonds is 6. The molecule has 1 aromatic heterocycles. The van der Waals surface area contributed by atoms with Crippen LogP contribution >= 0.6 is 0 Å². The highest BCUT2D eigenvalue weighted by molar-refractivity contribution is 5.93. The van der Waals surface area contributed by atoms with E-state index in [1.54, 1.807) is 0 Å². The molecule has 4 rings (SSSR count). The van der Waals surface area contributed by atoms with E-state index in [-0.39, 0.29) is 28.7 Å². The van der Waals surface area contributed by atoms with Gasteiger partial charge in [-0.2, -0.15) is 13.2 Å². The van der Waals surface area contributed by atoms with Crippen molar-refractivity contribution in [2.75, 3.05) is 11.9 Å². The highest BCUT2D eigenvalue weighted by Gasteiger charge is 2.42. The molecule has 1 saturated heterocycles. The number of nitrogens with zero attached hydrogens (tertiary/aromatic N) is 3. The molecule has 6 nitrogen and oxygen atoms in total. The Balaban J connectivity index is 1.49. The van der Waals surface area contributed by atoms with Gasteiger partial charge in [0.05, 0.1) is 11.1 Å². The van der Waals surface area contributed by atoms with E-state index in [1.165, 1.54) is 12.4 Å². The average molecular weight is 492 g/mol. The number of hydrogen-bond donors (Lipinski definition) is 2. The average Bonchev–Trinajstić information content (AvgIpc) is 3.12. The first-order chi connectivity index (χ1) is 16.5. The molecule has 2 aliphatic rings. The van der Waals surface area contributed by atoms with Crippen LogP contribution in [0.3, 0.4) is 0 Å². The third kappa shape index (κ3) is 5.88. The van der Waals surface area contributed by atoms with Crippen LogP contribution in [0.1, 0.15) is 71.8 Å². The quantitative estimate of drug-likeness (QED) is 0.567. The van der Waals surface area contributed by atoms with E-state index in [0.717, 1.165) is 44.2 Å². The number of fused-ring (bicyclic) bond motifs is 1. The molecule has 2 N–H and O–H groups in total. The topological polar surface area (TPSA) is 70.2 Å². The monoisotopic (exact) mass is 491 g/mol. The Bertz CT molecular complexity index is 1050. The van der Waals surface area contributed by atoms with E-state index in [4.69, 9.17) is 0 Å². The van der Waals surface area contributed by atoms with Crippen LogP contribution in [0.2, 0.25) is 0 Å². The molecular formula is C26H36F3N5O. The number of benzene rings is 1. The van der Waals surface area contributed by atoms with Crippen molar-refractivity contribution < 1.29 is 18.0 Å². The summed E-state index contributed by atoms with van der Waals surface area (Å²) in [6.07, 6.45) is 2.64. The normalized spacial score (nSPS) is 25.9. The minimum atomic E-state index is -4.46. The summed E-state index contributed by atoms with van der Waals surface area (Å²) < 4.78 is 39.8. The summed E-state index contributed by atoms with van der Waals surface area (Å²) in [4.78, 5) is 23.7. The Kier molecular flexibility index (Phi) is 7.27. The van der Waals surface area contributed by atoms with Gasteiger partial charge in [0.2, 0.25) is 5.91 Å². The molecule has 1 aliphatic carbocycles. The molecule has 192 valence electrons. The Morgan fingerprint density at radius 2 is 1.89 bits per heavy atom. The SMILES string of the molecule is CCC[C@H]1C[C@H](NC(C)(C)C)CC[C@@H]1N1CC[C@H](Nc2ncnc3ccc(C(F)(F)F)cc23)C1=O. The van der Waals surface area contributed by atoms with Crippen molar-refractivity contribution >= 4 is 22.6 Å². The molecule has 35 heavy (non-hydrogen) atoms. The summed E-state index contributed by atoms with van der Waals surface area (Å²) in [6, 6.07) is 3.55. The van der Waals surface area contributed by atoms with Gasteiger partial charge in [-0.1, -0.05) is 13.3 Å². The van der Waals surface area contributed by atoms with Gasteiger partial charge in [0, 0.05) is 29.6 Å². The lowest BCUT2D eigenvalue weighted by Crippen LogP contribution is -2.52. The lowest BCUT2D eigenvalue weighted by molar-refractivity contribution is -0.137. The minimum Gasteiger partial charge on any atom is -0.358 e. The maximum absolute atomic E-state index is 13.5. The molecule has 0 radical (unpaired) electrons. The van der Waals surface area contributed by atoms with E-state index >= 15 is 0 Å². The first kappa shape index (κ1) is 25.7. The van der Waals surface area contributed by atoms with Crippen LogP contribution < -0.4 is 10.6 Å². The fourth-order valence-electron chi connectivity index (χ4n) is 5.76. The number of anilines is 1. The van der Waals surface area contributed by atoms with Crippen molar-refractivity contribution in [2.24, 2.45) is 5.92 Å². The van der Waals surface area contributed by atoms with Crippen molar-refractivity contribution in [1.29, 1.82) is 0 Å². The summed E-state index contributed by atoms with van der Waals surface area (Å²) in [5.41, 5.74) is -0.297. The standard InChI is InChI=1S/C26H36F3N5O/c1-5-6-16-13-18(33-25(2,3)4)8-10-22(16)34-12-11-21(24(34)35)32-23-19-14-17(26(27,28)29)7-9-20(19)30-15-31-23/h7,9,14-16,18,21-22,33H,5-6,8,10-13H2,1-4H3,(H,30,31,32)/t16-,18+,21-,22-/m0/s1. The zero-order valence-corrected chi connectivity index (χ0v) is 21.0. The van der Waals surface area contributed by atoms with Gasteiger partial charge in [0.25, 0.3) is 0 Å². The number of carbonyl (C=O) groups excluding carboxylic acids is 1. The highest BCUT2D eigenvalue weighted by Crippen LogP contribution is 2.36. The van der Waals surface area contributed by atoms with Crippen molar-refractivity contribution in [3.8, 4) is 0 Å². The number of likely N-dealkylation sites (tertiary alicyclic amines) is 1. The van der Waals surface area contributed by atoms with Gasteiger partial charge < -0.3 is 15.5 Å². The maximum atomic E-state index is 13.5. The number of hydrogen-bond acceptors (Lipinski definition) is 5. The number of alkyl halides is 3. The summed E-state index contributed by atoms with van der Waals surface area (Å²) in [5.74, 6) is 0.715. The molecule has 9 heteroatoms. The molecule has 2 fully saturated rings. The summed E-state index contributed by atoms with van der Waals surface area (Å²) >= 11 is 0. The van der Waals surface area contributed by atoms with Crippen LogP contribution in [0.5, 0.6) is 0 Å². The lowest BCUT2D eigenvalue weighted by atomic mass is 9.78. The minimum absolute atomic E-state index is 0.0112. The fraction of sp³-hybridized carbons (Fsp3) is 0.654. The van der Waals surface area contributed by atoms with Gasteiger partial charge in [-0.15, -0.1) is 0 Å². The Morgan fingerprint density at radius 3 is 2.57 bits per heavy atom. The third-order valence-corrected chi connectivity index (χ3v) is 7.15. The second kappa shape index (κ2) is 9.91. The van der Waals surface area contributed by atoms with E-state index in [9.17, 15) is 18.0 Å². The van der Waals surface area contributed by atoms with Gasteiger partial charge in [-0.05, 0) is 77.0 Å². The second-order valence-electron chi connectivity index (χ2n) is 11.0. The number of nitrogens with one attached hydrogen (secondary N) is 2. The largest absolute Gasteiger partial charge is 0.416 e. The van der Waals surface area contributed by atoms with Gasteiger partial charge >= 0.3 is 6.18 Å². The van der Waals surface area contributed by atoms with Crippen molar-refractivity contribution in [3.05, 3.63) is 30.1 Å². The molecule has 2 aromatic rings. The first-order valence-corrected chi connectivity index (χ1v) is 12.6. The van der Waals surface area contributed by atoms with E-state index in [1.807, 2.05) is 4.90 Å². The van der Waals surface area contributed by atoms with Gasteiger partial charge in [-0.25, -0.2) is 9.97 Å². The van der Waals surface area contributed by atoms with Gasteiger partial charge in [-0.3, -0.25) is 4.79 Å². The number of aromatic nitrogens is 2. The highest BCUT2D eigenvalue weighted by atomic mass is 19.4. The fourth-order valence-corrected chi connectivity index (χ4v) is 5.76.